The van der Waals surface area contributed by atoms with E-state index in [2.05, 4.69) is 39.6 Å². The van der Waals surface area contributed by atoms with Crippen LogP contribution in [0.4, 0.5) is 5.69 Å². The number of benzene rings is 1. The molecular weight excluding hydrogens is 338 g/mol. The third kappa shape index (κ3) is 3.61. The maximum atomic E-state index is 11.6. The van der Waals surface area contributed by atoms with Gasteiger partial charge in [0.05, 0.1) is 12.2 Å². The van der Waals surface area contributed by atoms with Crippen molar-refractivity contribution >= 4 is 38.9 Å². The maximum absolute atomic E-state index is 11.6. The molecule has 20 heavy (non-hydrogen) atoms. The zero-order chi connectivity index (χ0) is 14.5. The molecule has 3 nitrogen and oxygen atoms in total. The molecule has 106 valence electrons. The first-order chi connectivity index (χ1) is 9.61. The molecule has 0 fully saturated rings. The van der Waals surface area contributed by atoms with Gasteiger partial charge in [-0.15, -0.1) is 11.3 Å². The van der Waals surface area contributed by atoms with Crippen LogP contribution in [-0.4, -0.2) is 12.6 Å². The van der Waals surface area contributed by atoms with E-state index in [9.17, 15) is 4.79 Å². The zero-order valence-corrected chi connectivity index (χ0v) is 13.8. The fourth-order valence-corrected chi connectivity index (χ4v) is 3.13. The lowest BCUT2D eigenvalue weighted by Gasteiger charge is -2.10. The summed E-state index contributed by atoms with van der Waals surface area (Å²) in [5.41, 5.74) is 2.81. The molecule has 0 aliphatic heterocycles. The number of nitrogens with one attached hydrogen (secondary N) is 1. The minimum absolute atomic E-state index is 0.297. The second kappa shape index (κ2) is 6.90. The summed E-state index contributed by atoms with van der Waals surface area (Å²) in [5, 5.41) is 5.45. The van der Waals surface area contributed by atoms with Gasteiger partial charge >= 0.3 is 5.97 Å². The van der Waals surface area contributed by atoms with Gasteiger partial charge in [0.1, 0.15) is 0 Å². The van der Waals surface area contributed by atoms with Crippen LogP contribution >= 0.6 is 27.3 Å². The highest BCUT2D eigenvalue weighted by Gasteiger charge is 2.09. The van der Waals surface area contributed by atoms with E-state index in [1.165, 1.54) is 10.4 Å². The number of rotatable bonds is 5. The Kier molecular flexibility index (Phi) is 5.20. The Bertz CT molecular complexity index is 610. The molecule has 2 rings (SSSR count). The molecule has 0 bridgehead atoms. The van der Waals surface area contributed by atoms with Gasteiger partial charge < -0.3 is 10.1 Å². The molecule has 0 amide bonds. The Morgan fingerprint density at radius 3 is 2.80 bits per heavy atom. The fraction of sp³-hybridized carbons (Fsp3) is 0.267. The van der Waals surface area contributed by atoms with Crippen LogP contribution in [0.3, 0.4) is 0 Å². The second-order valence-corrected chi connectivity index (χ2v) is 6.15. The number of ether oxygens (including phenoxy) is 1. The van der Waals surface area contributed by atoms with Crippen LogP contribution in [0.2, 0.25) is 0 Å². The Hall–Kier alpha value is -1.33. The third-order valence-electron chi connectivity index (χ3n) is 2.89. The SMILES string of the molecule is CCOC(=O)c1ccc(NCc2sccc2C)c(Br)c1. The molecule has 0 saturated heterocycles. The van der Waals surface area contributed by atoms with Gasteiger partial charge in [0, 0.05) is 21.6 Å². The molecular formula is C15H16BrNO2S. The lowest BCUT2D eigenvalue weighted by atomic mass is 10.2. The van der Waals surface area contributed by atoms with Gasteiger partial charge in [-0.3, -0.25) is 0 Å². The maximum Gasteiger partial charge on any atom is 0.338 e. The van der Waals surface area contributed by atoms with E-state index in [-0.39, 0.29) is 5.97 Å². The highest BCUT2D eigenvalue weighted by Crippen LogP contribution is 2.26. The van der Waals surface area contributed by atoms with Gasteiger partial charge in [0.2, 0.25) is 0 Å². The van der Waals surface area contributed by atoms with Crippen molar-refractivity contribution in [1.29, 1.82) is 0 Å². The number of hydrogen-bond acceptors (Lipinski definition) is 4. The summed E-state index contributed by atoms with van der Waals surface area (Å²) >= 11 is 5.22. The Balaban J connectivity index is 2.06. The van der Waals surface area contributed by atoms with Gasteiger partial charge in [0.15, 0.2) is 0 Å². The molecule has 1 heterocycles. The summed E-state index contributed by atoms with van der Waals surface area (Å²) in [6.45, 7) is 5.06. The molecule has 1 aromatic heterocycles. The number of carbonyl (C=O) groups is 1. The monoisotopic (exact) mass is 353 g/mol. The largest absolute Gasteiger partial charge is 0.462 e. The van der Waals surface area contributed by atoms with Crippen LogP contribution in [0.5, 0.6) is 0 Å². The number of esters is 1. The average Bonchev–Trinajstić information content (AvgIpc) is 2.83. The number of carbonyl (C=O) groups excluding carboxylic acids is 1. The van der Waals surface area contributed by atoms with Crippen molar-refractivity contribution in [1.82, 2.24) is 0 Å². The predicted octanol–water partition coefficient (Wildman–Crippen LogP) is 4.61. The minimum Gasteiger partial charge on any atom is -0.462 e. The highest BCUT2D eigenvalue weighted by molar-refractivity contribution is 9.10. The molecule has 5 heteroatoms. The highest BCUT2D eigenvalue weighted by atomic mass is 79.9. The van der Waals surface area contributed by atoms with E-state index in [0.29, 0.717) is 12.2 Å². The topological polar surface area (TPSA) is 38.3 Å². The molecule has 0 spiro atoms. The van der Waals surface area contributed by atoms with Crippen LogP contribution in [0, 0.1) is 6.92 Å². The number of halogens is 1. The molecule has 0 unspecified atom stereocenters. The molecule has 0 radical (unpaired) electrons. The minimum atomic E-state index is -0.297. The van der Waals surface area contributed by atoms with Crippen molar-refractivity contribution in [2.75, 3.05) is 11.9 Å². The fourth-order valence-electron chi connectivity index (χ4n) is 1.76. The first kappa shape index (κ1) is 15.1. The molecule has 0 aliphatic rings. The molecule has 1 aromatic carbocycles. The third-order valence-corrected chi connectivity index (χ3v) is 4.57. The van der Waals surface area contributed by atoms with E-state index in [4.69, 9.17) is 4.74 Å². The molecule has 0 aliphatic carbocycles. The van der Waals surface area contributed by atoms with Gasteiger partial charge in [-0.25, -0.2) is 4.79 Å². The summed E-state index contributed by atoms with van der Waals surface area (Å²) in [5.74, 6) is -0.297. The smallest absolute Gasteiger partial charge is 0.338 e. The van der Waals surface area contributed by atoms with Gasteiger partial charge in [-0.2, -0.15) is 0 Å². The van der Waals surface area contributed by atoms with Crippen molar-refractivity contribution in [2.24, 2.45) is 0 Å². The summed E-state index contributed by atoms with van der Waals surface area (Å²) in [6.07, 6.45) is 0. The van der Waals surface area contributed by atoms with Crippen LogP contribution in [0.1, 0.15) is 27.7 Å². The van der Waals surface area contributed by atoms with Gasteiger partial charge in [0.25, 0.3) is 0 Å². The number of anilines is 1. The van der Waals surface area contributed by atoms with Gasteiger partial charge in [-0.05, 0) is 65.0 Å². The van der Waals surface area contributed by atoms with Crippen LogP contribution in [-0.2, 0) is 11.3 Å². The molecule has 0 saturated carbocycles. The van der Waals surface area contributed by atoms with E-state index < -0.39 is 0 Å². The quantitative estimate of drug-likeness (QED) is 0.797. The van der Waals surface area contributed by atoms with Crippen molar-refractivity contribution in [3.05, 3.63) is 50.1 Å². The average molecular weight is 354 g/mol. The number of thiophene rings is 1. The summed E-state index contributed by atoms with van der Waals surface area (Å²) < 4.78 is 5.84. The lowest BCUT2D eigenvalue weighted by Crippen LogP contribution is -2.05. The van der Waals surface area contributed by atoms with Crippen molar-refractivity contribution in [3.63, 3.8) is 0 Å². The summed E-state index contributed by atoms with van der Waals surface area (Å²) in [4.78, 5) is 12.9. The lowest BCUT2D eigenvalue weighted by molar-refractivity contribution is 0.0526. The number of hydrogen-bond donors (Lipinski definition) is 1. The first-order valence-corrected chi connectivity index (χ1v) is 8.02. The van der Waals surface area contributed by atoms with E-state index in [1.54, 1.807) is 30.4 Å². The Morgan fingerprint density at radius 1 is 1.40 bits per heavy atom. The normalized spacial score (nSPS) is 10.3. The zero-order valence-electron chi connectivity index (χ0n) is 11.4. The summed E-state index contributed by atoms with van der Waals surface area (Å²) in [7, 11) is 0. The predicted molar refractivity (Wildman–Crippen MR) is 86.5 cm³/mol. The van der Waals surface area contributed by atoms with E-state index >= 15 is 0 Å². The van der Waals surface area contributed by atoms with E-state index in [1.807, 2.05) is 6.07 Å². The van der Waals surface area contributed by atoms with Crippen LogP contribution in [0.15, 0.2) is 34.1 Å². The first-order valence-electron chi connectivity index (χ1n) is 6.35. The molecule has 1 N–H and O–H groups in total. The van der Waals surface area contributed by atoms with Gasteiger partial charge in [-0.1, -0.05) is 0 Å². The van der Waals surface area contributed by atoms with Crippen LogP contribution < -0.4 is 5.32 Å². The van der Waals surface area contributed by atoms with Crippen molar-refractivity contribution in [2.45, 2.75) is 20.4 Å². The Labute approximate surface area is 131 Å². The summed E-state index contributed by atoms with van der Waals surface area (Å²) in [6, 6.07) is 7.55. The van der Waals surface area contributed by atoms with Crippen LogP contribution in [0.25, 0.3) is 0 Å². The standard InChI is InChI=1S/C15H16BrNO2S/c1-3-19-15(18)11-4-5-13(12(16)8-11)17-9-14-10(2)6-7-20-14/h4-8,17H,3,9H2,1-2H3. The second-order valence-electron chi connectivity index (χ2n) is 4.30. The Morgan fingerprint density at radius 2 is 2.20 bits per heavy atom. The van der Waals surface area contributed by atoms with Crippen molar-refractivity contribution in [3.8, 4) is 0 Å². The molecule has 0 atom stereocenters. The van der Waals surface area contributed by atoms with Crippen molar-refractivity contribution < 1.29 is 9.53 Å². The molecule has 2 aromatic rings. The van der Waals surface area contributed by atoms with E-state index in [0.717, 1.165) is 16.7 Å². The number of aryl methyl sites for hydroxylation is 1.